The van der Waals surface area contributed by atoms with Crippen molar-refractivity contribution in [3.05, 3.63) is 59.4 Å². The fourth-order valence-corrected chi connectivity index (χ4v) is 4.58. The zero-order valence-corrected chi connectivity index (χ0v) is 20.8. The summed E-state index contributed by atoms with van der Waals surface area (Å²) in [6, 6.07) is 10.1. The Kier molecular flexibility index (Phi) is 7.27. The minimum atomic E-state index is -2.85. The molecule has 0 saturated carbocycles. The number of nitrogens with zero attached hydrogens (tertiary/aromatic N) is 5. The van der Waals surface area contributed by atoms with Crippen molar-refractivity contribution in [2.45, 2.75) is 38.1 Å². The number of benzene rings is 1. The monoisotopic (exact) mass is 538 g/mol. The lowest BCUT2D eigenvalue weighted by molar-refractivity contribution is 0.0566. The molecule has 0 radical (unpaired) electrons. The number of fused-ring (bicyclic) bond motifs is 1. The average Bonchev–Trinajstić information content (AvgIpc) is 3.59. The fraction of sp³-hybridized carbons (Fsp3) is 0.346. The van der Waals surface area contributed by atoms with Crippen LogP contribution in [0.15, 0.2) is 42.7 Å². The number of piperidine rings is 1. The molecule has 11 nitrogen and oxygen atoms in total. The second-order valence-corrected chi connectivity index (χ2v) is 9.06. The van der Waals surface area contributed by atoms with Crippen LogP contribution in [-0.2, 0) is 11.3 Å². The van der Waals surface area contributed by atoms with Crippen molar-refractivity contribution in [2.24, 2.45) is 0 Å². The van der Waals surface area contributed by atoms with E-state index in [0.717, 1.165) is 11.8 Å². The van der Waals surface area contributed by atoms with Crippen LogP contribution in [-0.4, -0.2) is 64.1 Å². The van der Waals surface area contributed by atoms with Gasteiger partial charge in [-0.05, 0) is 17.7 Å². The molecule has 2 fully saturated rings. The molecule has 1 N–H and O–H groups in total. The van der Waals surface area contributed by atoms with Crippen molar-refractivity contribution >= 4 is 12.0 Å². The van der Waals surface area contributed by atoms with E-state index in [-0.39, 0.29) is 59.8 Å². The summed E-state index contributed by atoms with van der Waals surface area (Å²) in [5.74, 6) is -0.325. The zero-order valence-electron chi connectivity index (χ0n) is 20.8. The number of nitriles is 1. The van der Waals surface area contributed by atoms with Gasteiger partial charge in [0.05, 0.1) is 31.0 Å². The molecule has 2 aliphatic heterocycles. The normalized spacial score (nSPS) is 18.3. The summed E-state index contributed by atoms with van der Waals surface area (Å²) in [7, 11) is 1.35. The molecule has 202 valence electrons. The van der Waals surface area contributed by atoms with Gasteiger partial charge in [0.25, 0.3) is 5.91 Å². The van der Waals surface area contributed by atoms with Gasteiger partial charge < -0.3 is 24.4 Å². The van der Waals surface area contributed by atoms with Gasteiger partial charge >= 0.3 is 12.6 Å². The molecular weight excluding hydrogens is 514 g/mol. The van der Waals surface area contributed by atoms with Gasteiger partial charge in [-0.3, -0.25) is 4.79 Å². The number of cyclic esters (lactones) is 1. The van der Waals surface area contributed by atoms with Crippen molar-refractivity contribution in [3.8, 4) is 29.0 Å². The highest BCUT2D eigenvalue weighted by Crippen LogP contribution is 2.36. The van der Waals surface area contributed by atoms with Crippen LogP contribution in [0.5, 0.6) is 11.6 Å². The molecule has 2 amide bonds. The van der Waals surface area contributed by atoms with E-state index in [4.69, 9.17) is 19.5 Å². The summed E-state index contributed by atoms with van der Waals surface area (Å²) < 4.78 is 43.7. The molecule has 2 aliphatic rings. The van der Waals surface area contributed by atoms with E-state index in [9.17, 15) is 18.4 Å². The Morgan fingerprint density at radius 3 is 2.82 bits per heavy atom. The molecule has 39 heavy (non-hydrogen) atoms. The number of amides is 2. The Bertz CT molecular complexity index is 1420. The Morgan fingerprint density at radius 2 is 2.13 bits per heavy atom. The van der Waals surface area contributed by atoms with Gasteiger partial charge in [0.1, 0.15) is 29.7 Å². The summed E-state index contributed by atoms with van der Waals surface area (Å²) in [5.41, 5.74) is 1.81. The Hall–Kier alpha value is -4.73. The molecule has 5 rings (SSSR count). The molecule has 2 saturated heterocycles. The molecule has 2 aromatic heterocycles. The summed E-state index contributed by atoms with van der Waals surface area (Å²) in [6.45, 7) is -1.96. The number of alkyl halides is 2. The van der Waals surface area contributed by atoms with E-state index < -0.39 is 12.5 Å². The number of hydrogen-bond acceptors (Lipinski definition) is 8. The van der Waals surface area contributed by atoms with E-state index in [1.165, 1.54) is 19.4 Å². The quantitative estimate of drug-likeness (QED) is 0.461. The number of carbonyl (C=O) groups excluding carboxylic acids is 2. The first kappa shape index (κ1) is 25.9. The highest BCUT2D eigenvalue weighted by Gasteiger charge is 2.39. The summed E-state index contributed by atoms with van der Waals surface area (Å²) in [5, 5.41) is 15.5. The SMILES string of the molecule is COc1nc(-c2cnn(C(F)F)c2)c(O[C@H]2CCN3C(=O)OC[C@@H]3C2)cc1C(=O)NCc1ccc(C#N)cc1. The lowest BCUT2D eigenvalue weighted by atomic mass is 10.0. The standard InChI is InChI=1S/C26H24F2N6O5/c1-37-24-20(23(35)30-11-16-4-2-15(10-29)3-5-16)9-21(22(32-24)17-12-31-34(13-17)25(27)28)39-19-6-7-33-18(8-19)14-38-26(33)36/h2-5,9,12-13,18-19,25H,6-8,11,14H2,1H3,(H,30,35)/t18-,19-/m0/s1. The number of nitrogens with one attached hydrogen (secondary N) is 1. The van der Waals surface area contributed by atoms with Crippen LogP contribution in [0.2, 0.25) is 0 Å². The van der Waals surface area contributed by atoms with Crippen molar-refractivity contribution in [3.63, 3.8) is 0 Å². The average molecular weight is 539 g/mol. The van der Waals surface area contributed by atoms with Gasteiger partial charge in [-0.2, -0.15) is 19.1 Å². The van der Waals surface area contributed by atoms with Gasteiger partial charge in [0, 0.05) is 43.8 Å². The second-order valence-electron chi connectivity index (χ2n) is 9.06. The number of methoxy groups -OCH3 is 1. The van der Waals surface area contributed by atoms with E-state index in [1.807, 2.05) is 6.07 Å². The van der Waals surface area contributed by atoms with Crippen LogP contribution in [0.25, 0.3) is 11.3 Å². The molecule has 0 unspecified atom stereocenters. The first-order chi connectivity index (χ1) is 18.9. The van der Waals surface area contributed by atoms with E-state index in [2.05, 4.69) is 15.4 Å². The summed E-state index contributed by atoms with van der Waals surface area (Å²) in [6.07, 6.45) is 2.68. The van der Waals surface area contributed by atoms with Crippen LogP contribution < -0.4 is 14.8 Å². The Balaban J connectivity index is 1.43. The van der Waals surface area contributed by atoms with Gasteiger partial charge in [0.2, 0.25) is 5.88 Å². The van der Waals surface area contributed by atoms with Crippen molar-refractivity contribution in [1.82, 2.24) is 25.0 Å². The Morgan fingerprint density at radius 1 is 1.33 bits per heavy atom. The third-order valence-electron chi connectivity index (χ3n) is 6.60. The molecule has 0 aliphatic carbocycles. The predicted octanol–water partition coefficient (Wildman–Crippen LogP) is 3.51. The summed E-state index contributed by atoms with van der Waals surface area (Å²) in [4.78, 5) is 31.1. The minimum absolute atomic E-state index is 0.0240. The molecule has 13 heteroatoms. The lowest BCUT2D eigenvalue weighted by Crippen LogP contribution is -2.44. The first-order valence-corrected chi connectivity index (χ1v) is 12.1. The predicted molar refractivity (Wildman–Crippen MR) is 131 cm³/mol. The molecule has 2 atom stereocenters. The van der Waals surface area contributed by atoms with Crippen LogP contribution in [0.4, 0.5) is 13.6 Å². The number of aromatic nitrogens is 3. The highest BCUT2D eigenvalue weighted by atomic mass is 19.3. The maximum Gasteiger partial charge on any atom is 0.410 e. The van der Waals surface area contributed by atoms with Crippen LogP contribution in [0.3, 0.4) is 0 Å². The number of pyridine rings is 1. The highest BCUT2D eigenvalue weighted by molar-refractivity contribution is 5.97. The van der Waals surface area contributed by atoms with Crippen LogP contribution >= 0.6 is 0 Å². The molecule has 4 heterocycles. The van der Waals surface area contributed by atoms with Crippen LogP contribution in [0, 0.1) is 11.3 Å². The molecule has 0 bridgehead atoms. The topological polar surface area (TPSA) is 132 Å². The number of ether oxygens (including phenoxy) is 3. The number of hydrogen-bond donors (Lipinski definition) is 1. The van der Waals surface area contributed by atoms with Gasteiger partial charge in [-0.15, -0.1) is 0 Å². The van der Waals surface area contributed by atoms with E-state index in [0.29, 0.717) is 29.6 Å². The third-order valence-corrected chi connectivity index (χ3v) is 6.60. The van der Waals surface area contributed by atoms with Crippen LogP contribution in [0.1, 0.15) is 40.9 Å². The minimum Gasteiger partial charge on any atom is -0.488 e. The van der Waals surface area contributed by atoms with Crippen molar-refractivity contribution in [1.29, 1.82) is 5.26 Å². The fourth-order valence-electron chi connectivity index (χ4n) is 4.58. The van der Waals surface area contributed by atoms with E-state index >= 15 is 0 Å². The van der Waals surface area contributed by atoms with E-state index in [1.54, 1.807) is 29.2 Å². The maximum absolute atomic E-state index is 13.2. The smallest absolute Gasteiger partial charge is 0.410 e. The lowest BCUT2D eigenvalue weighted by Gasteiger charge is -2.32. The van der Waals surface area contributed by atoms with Gasteiger partial charge in [0.15, 0.2) is 0 Å². The largest absolute Gasteiger partial charge is 0.488 e. The zero-order chi connectivity index (χ0) is 27.5. The molecule has 1 aromatic carbocycles. The number of carbonyl (C=O) groups is 2. The molecule has 3 aromatic rings. The number of rotatable bonds is 8. The first-order valence-electron chi connectivity index (χ1n) is 12.1. The van der Waals surface area contributed by atoms with Gasteiger partial charge in [-0.1, -0.05) is 12.1 Å². The van der Waals surface area contributed by atoms with Crippen molar-refractivity contribution < 1.29 is 32.6 Å². The third kappa shape index (κ3) is 5.45. The maximum atomic E-state index is 13.2. The second kappa shape index (κ2) is 10.9. The Labute approximate surface area is 221 Å². The summed E-state index contributed by atoms with van der Waals surface area (Å²) >= 11 is 0. The number of halogens is 2. The molecular formula is C26H24F2N6O5. The molecule has 0 spiro atoms. The van der Waals surface area contributed by atoms with Gasteiger partial charge in [-0.25, -0.2) is 14.5 Å². The van der Waals surface area contributed by atoms with Crippen molar-refractivity contribution in [2.75, 3.05) is 20.3 Å².